The second-order valence-corrected chi connectivity index (χ2v) is 5.93. The maximum atomic E-state index is 11.7. The summed E-state index contributed by atoms with van der Waals surface area (Å²) in [5.74, 6) is 0.998. The third kappa shape index (κ3) is 3.48. The average molecular weight is 346 g/mol. The van der Waals surface area contributed by atoms with Crippen molar-refractivity contribution in [2.45, 2.75) is 19.8 Å². The summed E-state index contributed by atoms with van der Waals surface area (Å²) < 4.78 is 12.0. The lowest BCUT2D eigenvalue weighted by molar-refractivity contribution is 0.159. The molecule has 0 aliphatic carbocycles. The Hall–Kier alpha value is -2.61. The molecular formula is C16H18N4O3S. The zero-order valence-electron chi connectivity index (χ0n) is 13.5. The SMILES string of the molecule is CCCCOC(=O)Nc1nc2scc(-c3cccc(OC)c3)n2n1. The highest BCUT2D eigenvalue weighted by atomic mass is 32.1. The topological polar surface area (TPSA) is 77.8 Å². The van der Waals surface area contributed by atoms with E-state index in [0.717, 1.165) is 29.8 Å². The molecule has 126 valence electrons. The number of methoxy groups -OCH3 is 1. The number of ether oxygens (including phenoxy) is 2. The molecule has 3 aromatic rings. The second-order valence-electron chi connectivity index (χ2n) is 5.10. The number of amides is 1. The summed E-state index contributed by atoms with van der Waals surface area (Å²) in [5.41, 5.74) is 1.84. The van der Waals surface area contributed by atoms with E-state index in [1.165, 1.54) is 11.3 Å². The lowest BCUT2D eigenvalue weighted by Crippen LogP contribution is -2.15. The maximum absolute atomic E-state index is 11.7. The van der Waals surface area contributed by atoms with Crippen LogP contribution in [-0.2, 0) is 4.74 Å². The van der Waals surface area contributed by atoms with Crippen LogP contribution in [0.25, 0.3) is 16.2 Å². The molecular weight excluding hydrogens is 328 g/mol. The standard InChI is InChI=1S/C16H18N4O3S/c1-3-4-8-23-16(21)18-14-17-15-20(19-14)13(10-24-15)11-6-5-7-12(9-11)22-2/h5-7,9-10H,3-4,8H2,1-2H3,(H,18,19,21). The van der Waals surface area contributed by atoms with Crippen molar-refractivity contribution < 1.29 is 14.3 Å². The van der Waals surface area contributed by atoms with Crippen LogP contribution in [0, 0.1) is 0 Å². The van der Waals surface area contributed by atoms with E-state index in [2.05, 4.69) is 15.4 Å². The molecule has 0 radical (unpaired) electrons. The quantitative estimate of drug-likeness (QED) is 0.687. The first-order valence-electron chi connectivity index (χ1n) is 7.63. The Kier molecular flexibility index (Phi) is 4.95. The number of fused-ring (bicyclic) bond motifs is 1. The zero-order valence-corrected chi connectivity index (χ0v) is 14.3. The van der Waals surface area contributed by atoms with E-state index in [9.17, 15) is 4.79 Å². The molecule has 7 nitrogen and oxygen atoms in total. The molecule has 2 heterocycles. The third-order valence-corrected chi connectivity index (χ3v) is 4.21. The largest absolute Gasteiger partial charge is 0.497 e. The molecule has 0 aliphatic rings. The van der Waals surface area contributed by atoms with E-state index in [-0.39, 0.29) is 5.95 Å². The first kappa shape index (κ1) is 16.3. The van der Waals surface area contributed by atoms with Gasteiger partial charge in [0.1, 0.15) is 5.75 Å². The van der Waals surface area contributed by atoms with Crippen LogP contribution in [0.3, 0.4) is 0 Å². The van der Waals surface area contributed by atoms with Crippen molar-refractivity contribution in [2.75, 3.05) is 19.0 Å². The van der Waals surface area contributed by atoms with Gasteiger partial charge in [-0.15, -0.1) is 16.4 Å². The van der Waals surface area contributed by atoms with Gasteiger partial charge in [-0.05, 0) is 18.6 Å². The molecule has 0 fully saturated rings. The van der Waals surface area contributed by atoms with Crippen LogP contribution in [0.1, 0.15) is 19.8 Å². The number of nitrogens with zero attached hydrogens (tertiary/aromatic N) is 3. The maximum Gasteiger partial charge on any atom is 0.414 e. The Morgan fingerprint density at radius 3 is 3.08 bits per heavy atom. The molecule has 1 amide bonds. The molecule has 0 unspecified atom stereocenters. The summed E-state index contributed by atoms with van der Waals surface area (Å²) >= 11 is 1.45. The fourth-order valence-corrected chi connectivity index (χ4v) is 2.98. The molecule has 0 spiro atoms. The lowest BCUT2D eigenvalue weighted by Gasteiger charge is -2.03. The van der Waals surface area contributed by atoms with E-state index in [1.54, 1.807) is 11.6 Å². The molecule has 2 aromatic heterocycles. The first-order valence-corrected chi connectivity index (χ1v) is 8.51. The summed E-state index contributed by atoms with van der Waals surface area (Å²) in [4.78, 5) is 16.7. The first-order chi connectivity index (χ1) is 11.7. The molecule has 0 atom stereocenters. The fraction of sp³-hybridized carbons (Fsp3) is 0.312. The third-order valence-electron chi connectivity index (χ3n) is 3.39. The van der Waals surface area contributed by atoms with Crippen molar-refractivity contribution in [3.05, 3.63) is 29.6 Å². The van der Waals surface area contributed by atoms with E-state index in [0.29, 0.717) is 11.6 Å². The molecule has 0 saturated carbocycles. The Morgan fingerprint density at radius 2 is 2.29 bits per heavy atom. The number of nitrogens with one attached hydrogen (secondary N) is 1. The van der Waals surface area contributed by atoms with Crippen molar-refractivity contribution in [3.63, 3.8) is 0 Å². The average Bonchev–Trinajstić information content (AvgIpc) is 3.15. The van der Waals surface area contributed by atoms with Crippen molar-refractivity contribution in [3.8, 4) is 17.0 Å². The number of hydrogen-bond acceptors (Lipinski definition) is 6. The van der Waals surface area contributed by atoms with Gasteiger partial charge in [-0.1, -0.05) is 25.5 Å². The second kappa shape index (κ2) is 7.31. The van der Waals surface area contributed by atoms with Crippen LogP contribution in [0.15, 0.2) is 29.6 Å². The Morgan fingerprint density at radius 1 is 1.42 bits per heavy atom. The monoisotopic (exact) mass is 346 g/mol. The number of carbonyl (C=O) groups is 1. The zero-order chi connectivity index (χ0) is 16.9. The number of aromatic nitrogens is 3. The fourth-order valence-electron chi connectivity index (χ4n) is 2.15. The van der Waals surface area contributed by atoms with Gasteiger partial charge < -0.3 is 9.47 Å². The van der Waals surface area contributed by atoms with Crippen molar-refractivity contribution in [2.24, 2.45) is 0 Å². The minimum absolute atomic E-state index is 0.229. The van der Waals surface area contributed by atoms with Gasteiger partial charge >= 0.3 is 6.09 Å². The molecule has 0 bridgehead atoms. The molecule has 1 aromatic carbocycles. The van der Waals surface area contributed by atoms with Gasteiger partial charge in [0.05, 0.1) is 19.4 Å². The molecule has 24 heavy (non-hydrogen) atoms. The number of hydrogen-bond donors (Lipinski definition) is 1. The predicted octanol–water partition coefficient (Wildman–Crippen LogP) is 3.82. The van der Waals surface area contributed by atoms with Crippen molar-refractivity contribution in [1.82, 2.24) is 14.6 Å². The highest BCUT2D eigenvalue weighted by Gasteiger charge is 2.14. The van der Waals surface area contributed by atoms with E-state index >= 15 is 0 Å². The van der Waals surface area contributed by atoms with Gasteiger partial charge in [-0.2, -0.15) is 4.98 Å². The van der Waals surface area contributed by atoms with Gasteiger partial charge in [0.15, 0.2) is 0 Å². The molecule has 0 saturated heterocycles. The summed E-state index contributed by atoms with van der Waals surface area (Å²) in [5, 5.41) is 8.86. The summed E-state index contributed by atoms with van der Waals surface area (Å²) in [7, 11) is 1.63. The lowest BCUT2D eigenvalue weighted by atomic mass is 10.2. The van der Waals surface area contributed by atoms with Crippen LogP contribution in [0.5, 0.6) is 5.75 Å². The molecule has 1 N–H and O–H groups in total. The minimum atomic E-state index is -0.537. The number of anilines is 1. The minimum Gasteiger partial charge on any atom is -0.497 e. The Bertz CT molecular complexity index is 843. The van der Waals surface area contributed by atoms with Crippen molar-refractivity contribution >= 4 is 28.3 Å². The summed E-state index contributed by atoms with van der Waals surface area (Å²) in [6.45, 7) is 2.42. The Balaban J connectivity index is 1.80. The normalized spacial score (nSPS) is 10.8. The number of rotatable bonds is 6. The van der Waals surface area contributed by atoms with E-state index in [4.69, 9.17) is 9.47 Å². The van der Waals surface area contributed by atoms with E-state index in [1.807, 2.05) is 36.6 Å². The van der Waals surface area contributed by atoms with Gasteiger partial charge in [0.2, 0.25) is 4.96 Å². The van der Waals surface area contributed by atoms with Crippen LogP contribution >= 0.6 is 11.3 Å². The highest BCUT2D eigenvalue weighted by Crippen LogP contribution is 2.28. The van der Waals surface area contributed by atoms with Crippen LogP contribution in [0.2, 0.25) is 0 Å². The number of benzene rings is 1. The van der Waals surface area contributed by atoms with Gasteiger partial charge in [0.25, 0.3) is 5.95 Å². The number of thiazole rings is 1. The van der Waals surface area contributed by atoms with Crippen LogP contribution in [0.4, 0.5) is 10.7 Å². The van der Waals surface area contributed by atoms with Crippen LogP contribution < -0.4 is 10.1 Å². The van der Waals surface area contributed by atoms with Gasteiger partial charge in [-0.25, -0.2) is 9.31 Å². The Labute approximate surface area is 143 Å². The number of carbonyl (C=O) groups excluding carboxylic acids is 1. The molecule has 0 aliphatic heterocycles. The van der Waals surface area contributed by atoms with Gasteiger partial charge in [-0.3, -0.25) is 5.32 Å². The summed E-state index contributed by atoms with van der Waals surface area (Å²) in [6, 6.07) is 7.69. The number of unbranched alkanes of at least 4 members (excludes halogenated alkanes) is 1. The smallest absolute Gasteiger partial charge is 0.414 e. The highest BCUT2D eigenvalue weighted by molar-refractivity contribution is 7.15. The van der Waals surface area contributed by atoms with Crippen molar-refractivity contribution in [1.29, 1.82) is 0 Å². The molecule has 8 heteroatoms. The summed E-state index contributed by atoms with van der Waals surface area (Å²) in [6.07, 6.45) is 1.26. The van der Waals surface area contributed by atoms with Gasteiger partial charge in [0, 0.05) is 10.9 Å². The molecule has 3 rings (SSSR count). The van der Waals surface area contributed by atoms with E-state index < -0.39 is 6.09 Å². The van der Waals surface area contributed by atoms with Crippen LogP contribution in [-0.4, -0.2) is 34.4 Å². The predicted molar refractivity (Wildman–Crippen MR) is 92.7 cm³/mol.